The molecule has 6 heteroatoms. The van der Waals surface area contributed by atoms with Crippen molar-refractivity contribution in [2.75, 3.05) is 20.3 Å². The van der Waals surface area contributed by atoms with Gasteiger partial charge in [-0.25, -0.2) is 4.98 Å². The molecular weight excluding hydrogens is 366 g/mol. The maximum absolute atomic E-state index is 11.6. The Morgan fingerprint density at radius 1 is 1.17 bits per heavy atom. The van der Waals surface area contributed by atoms with Crippen molar-refractivity contribution in [2.45, 2.75) is 26.3 Å². The number of nitrogens with one attached hydrogen (secondary N) is 1. The van der Waals surface area contributed by atoms with Crippen LogP contribution in [-0.2, 0) is 17.8 Å². The van der Waals surface area contributed by atoms with Gasteiger partial charge in [0.25, 0.3) is 0 Å². The number of benzene rings is 2. The van der Waals surface area contributed by atoms with Crippen molar-refractivity contribution in [1.29, 1.82) is 0 Å². The number of rotatable bonds is 10. The number of aromatic nitrogens is 2. The smallest absolute Gasteiger partial charge is 0.246 e. The van der Waals surface area contributed by atoms with Gasteiger partial charge in [-0.3, -0.25) is 4.79 Å². The average Bonchev–Trinajstić information content (AvgIpc) is 3.08. The first-order valence-corrected chi connectivity index (χ1v) is 9.73. The summed E-state index contributed by atoms with van der Waals surface area (Å²) in [6, 6.07) is 15.7. The standard InChI is InChI=1S/C23H27N3O3/c1-17(2)23(27)24-13-7-12-22-25-20-10-4-5-11-21(20)26(22)14-15-29-19-9-6-8-18(16-19)28-3/h4-6,8-11,16H,1,7,12-15H2,2-3H3,(H,24,27). The van der Waals surface area contributed by atoms with Gasteiger partial charge in [0.05, 0.1) is 24.7 Å². The summed E-state index contributed by atoms with van der Waals surface area (Å²) in [5.41, 5.74) is 2.57. The van der Waals surface area contributed by atoms with Crippen LogP contribution in [0.4, 0.5) is 0 Å². The molecule has 0 unspecified atom stereocenters. The van der Waals surface area contributed by atoms with Crippen molar-refractivity contribution < 1.29 is 14.3 Å². The second-order valence-electron chi connectivity index (χ2n) is 6.84. The Morgan fingerprint density at radius 2 is 1.97 bits per heavy atom. The van der Waals surface area contributed by atoms with Gasteiger partial charge in [0.15, 0.2) is 0 Å². The molecule has 3 aromatic rings. The number of aryl methyl sites for hydroxylation is 1. The molecule has 0 saturated heterocycles. The SMILES string of the molecule is C=C(C)C(=O)NCCCc1nc2ccccc2n1CCOc1cccc(OC)c1. The van der Waals surface area contributed by atoms with Gasteiger partial charge in [-0.05, 0) is 37.6 Å². The Kier molecular flexibility index (Phi) is 6.89. The molecule has 29 heavy (non-hydrogen) atoms. The van der Waals surface area contributed by atoms with Gasteiger partial charge < -0.3 is 19.4 Å². The fourth-order valence-corrected chi connectivity index (χ4v) is 3.11. The van der Waals surface area contributed by atoms with Crippen LogP contribution in [-0.4, -0.2) is 35.7 Å². The van der Waals surface area contributed by atoms with Gasteiger partial charge in [0, 0.05) is 24.6 Å². The predicted octanol–water partition coefficient (Wildman–Crippen LogP) is 3.75. The van der Waals surface area contributed by atoms with Gasteiger partial charge in [0.1, 0.15) is 23.9 Å². The molecule has 6 nitrogen and oxygen atoms in total. The van der Waals surface area contributed by atoms with E-state index in [9.17, 15) is 4.79 Å². The predicted molar refractivity (Wildman–Crippen MR) is 114 cm³/mol. The Bertz CT molecular complexity index is 994. The summed E-state index contributed by atoms with van der Waals surface area (Å²) < 4.78 is 13.3. The molecule has 1 aromatic heterocycles. The number of nitrogens with zero attached hydrogens (tertiary/aromatic N) is 2. The number of carbonyl (C=O) groups is 1. The number of para-hydroxylation sites is 2. The van der Waals surface area contributed by atoms with E-state index in [0.29, 0.717) is 25.3 Å². The number of fused-ring (bicyclic) bond motifs is 1. The van der Waals surface area contributed by atoms with E-state index in [1.807, 2.05) is 42.5 Å². The van der Waals surface area contributed by atoms with Crippen LogP contribution in [0.15, 0.2) is 60.7 Å². The van der Waals surface area contributed by atoms with Crippen molar-refractivity contribution in [2.24, 2.45) is 0 Å². The third-order valence-electron chi connectivity index (χ3n) is 4.61. The molecule has 0 bridgehead atoms. The first kappa shape index (κ1) is 20.5. The molecule has 1 amide bonds. The van der Waals surface area contributed by atoms with Gasteiger partial charge in [0.2, 0.25) is 5.91 Å². The maximum Gasteiger partial charge on any atom is 0.246 e. The quantitative estimate of drug-likeness (QED) is 0.421. The normalized spacial score (nSPS) is 10.7. The molecule has 3 rings (SSSR count). The van der Waals surface area contributed by atoms with Crippen molar-refractivity contribution in [3.8, 4) is 11.5 Å². The monoisotopic (exact) mass is 393 g/mol. The number of hydrogen-bond donors (Lipinski definition) is 1. The van der Waals surface area contributed by atoms with Crippen LogP contribution >= 0.6 is 0 Å². The zero-order valence-electron chi connectivity index (χ0n) is 17.0. The number of hydrogen-bond acceptors (Lipinski definition) is 4. The highest BCUT2D eigenvalue weighted by atomic mass is 16.5. The lowest BCUT2D eigenvalue weighted by Crippen LogP contribution is -2.25. The third kappa shape index (κ3) is 5.38. The molecule has 0 saturated carbocycles. The molecule has 0 radical (unpaired) electrons. The molecule has 0 atom stereocenters. The van der Waals surface area contributed by atoms with Crippen LogP contribution in [0, 0.1) is 0 Å². The van der Waals surface area contributed by atoms with Crippen LogP contribution in [0.1, 0.15) is 19.2 Å². The lowest BCUT2D eigenvalue weighted by atomic mass is 10.2. The summed E-state index contributed by atoms with van der Waals surface area (Å²) in [6.45, 7) is 7.16. The maximum atomic E-state index is 11.6. The lowest BCUT2D eigenvalue weighted by molar-refractivity contribution is -0.117. The van der Waals surface area contributed by atoms with Crippen LogP contribution in [0.3, 0.4) is 0 Å². The van der Waals surface area contributed by atoms with Gasteiger partial charge in [-0.2, -0.15) is 0 Å². The zero-order chi connectivity index (χ0) is 20.6. The lowest BCUT2D eigenvalue weighted by Gasteiger charge is -2.12. The largest absolute Gasteiger partial charge is 0.497 e. The first-order valence-electron chi connectivity index (χ1n) is 9.73. The fraction of sp³-hybridized carbons (Fsp3) is 0.304. The van der Waals surface area contributed by atoms with Crippen LogP contribution in [0.2, 0.25) is 0 Å². The highest BCUT2D eigenvalue weighted by molar-refractivity contribution is 5.92. The van der Waals surface area contributed by atoms with E-state index in [0.717, 1.165) is 41.2 Å². The number of ether oxygens (including phenoxy) is 2. The molecule has 0 aliphatic heterocycles. The Hall–Kier alpha value is -3.28. The summed E-state index contributed by atoms with van der Waals surface area (Å²) >= 11 is 0. The molecule has 2 aromatic carbocycles. The molecule has 152 valence electrons. The second kappa shape index (κ2) is 9.78. The summed E-state index contributed by atoms with van der Waals surface area (Å²) in [5.74, 6) is 2.43. The summed E-state index contributed by atoms with van der Waals surface area (Å²) in [7, 11) is 1.64. The molecule has 0 aliphatic carbocycles. The van der Waals surface area contributed by atoms with Crippen LogP contribution in [0.5, 0.6) is 11.5 Å². The second-order valence-corrected chi connectivity index (χ2v) is 6.84. The Morgan fingerprint density at radius 3 is 2.76 bits per heavy atom. The van der Waals surface area contributed by atoms with Crippen molar-refractivity contribution in [1.82, 2.24) is 14.9 Å². The van der Waals surface area contributed by atoms with Crippen molar-refractivity contribution in [3.63, 3.8) is 0 Å². The average molecular weight is 393 g/mol. The number of imidazole rings is 1. The molecule has 1 heterocycles. The van der Waals surface area contributed by atoms with Crippen molar-refractivity contribution in [3.05, 3.63) is 66.5 Å². The minimum atomic E-state index is -0.106. The highest BCUT2D eigenvalue weighted by Crippen LogP contribution is 2.20. The van der Waals surface area contributed by atoms with E-state index in [4.69, 9.17) is 14.5 Å². The van der Waals surface area contributed by atoms with E-state index in [1.54, 1.807) is 14.0 Å². The number of methoxy groups -OCH3 is 1. The third-order valence-corrected chi connectivity index (χ3v) is 4.61. The molecular formula is C23H27N3O3. The van der Waals surface area contributed by atoms with E-state index < -0.39 is 0 Å². The summed E-state index contributed by atoms with van der Waals surface area (Å²) in [6.07, 6.45) is 1.57. The van der Waals surface area contributed by atoms with Gasteiger partial charge in [-0.1, -0.05) is 24.8 Å². The molecule has 0 fully saturated rings. The van der Waals surface area contributed by atoms with Gasteiger partial charge in [-0.15, -0.1) is 0 Å². The number of amides is 1. The van der Waals surface area contributed by atoms with E-state index in [1.165, 1.54) is 0 Å². The van der Waals surface area contributed by atoms with Gasteiger partial charge >= 0.3 is 0 Å². The van der Waals surface area contributed by atoms with Crippen LogP contribution < -0.4 is 14.8 Å². The summed E-state index contributed by atoms with van der Waals surface area (Å²) in [4.78, 5) is 16.4. The minimum absolute atomic E-state index is 0.106. The molecule has 1 N–H and O–H groups in total. The van der Waals surface area contributed by atoms with E-state index in [2.05, 4.69) is 22.5 Å². The number of carbonyl (C=O) groups excluding carboxylic acids is 1. The molecule has 0 spiro atoms. The topological polar surface area (TPSA) is 65.4 Å². The fourth-order valence-electron chi connectivity index (χ4n) is 3.11. The summed E-state index contributed by atoms with van der Waals surface area (Å²) in [5, 5.41) is 2.87. The first-order chi connectivity index (χ1) is 14.1. The van der Waals surface area contributed by atoms with E-state index >= 15 is 0 Å². The Labute approximate surface area is 171 Å². The highest BCUT2D eigenvalue weighted by Gasteiger charge is 2.11. The molecule has 0 aliphatic rings. The zero-order valence-corrected chi connectivity index (χ0v) is 17.0. The van der Waals surface area contributed by atoms with Crippen molar-refractivity contribution >= 4 is 16.9 Å². The Balaban J connectivity index is 1.64. The minimum Gasteiger partial charge on any atom is -0.497 e. The van der Waals surface area contributed by atoms with E-state index in [-0.39, 0.29) is 5.91 Å². The van der Waals surface area contributed by atoms with Crippen LogP contribution in [0.25, 0.3) is 11.0 Å².